The first-order valence-corrected chi connectivity index (χ1v) is 11.0. The van der Waals surface area contributed by atoms with Crippen LogP contribution < -0.4 is 15.3 Å². The van der Waals surface area contributed by atoms with Crippen molar-refractivity contribution in [3.05, 3.63) is 69.0 Å². The van der Waals surface area contributed by atoms with Gasteiger partial charge in [-0.1, -0.05) is 23.7 Å². The summed E-state index contributed by atoms with van der Waals surface area (Å²) >= 11 is 6.36. The Balaban J connectivity index is 1.50. The lowest BCUT2D eigenvalue weighted by Crippen LogP contribution is -2.52. The molecular formula is C24H23ClN2O5. The molecule has 8 heteroatoms. The third-order valence-electron chi connectivity index (χ3n) is 5.93. The van der Waals surface area contributed by atoms with Gasteiger partial charge in [0.25, 0.3) is 5.91 Å². The minimum absolute atomic E-state index is 0.0519. The number of benzene rings is 2. The number of nitrogens with zero attached hydrogens (tertiary/aromatic N) is 2. The van der Waals surface area contributed by atoms with Gasteiger partial charge in [-0.3, -0.25) is 4.79 Å². The van der Waals surface area contributed by atoms with Gasteiger partial charge in [0, 0.05) is 36.1 Å². The Hall–Kier alpha value is -3.03. The van der Waals surface area contributed by atoms with Gasteiger partial charge in [-0.25, -0.2) is 4.79 Å². The predicted octanol–water partition coefficient (Wildman–Crippen LogP) is 3.38. The lowest BCUT2D eigenvalue weighted by Gasteiger charge is -2.38. The molecule has 32 heavy (non-hydrogen) atoms. The highest BCUT2D eigenvalue weighted by atomic mass is 35.5. The first-order valence-electron chi connectivity index (χ1n) is 10.6. The molecule has 3 heterocycles. The van der Waals surface area contributed by atoms with Crippen molar-refractivity contribution in [1.82, 2.24) is 4.90 Å². The summed E-state index contributed by atoms with van der Waals surface area (Å²) in [5, 5.41) is 1.38. The van der Waals surface area contributed by atoms with Crippen molar-refractivity contribution in [1.29, 1.82) is 0 Å². The molecule has 5 rings (SSSR count). The van der Waals surface area contributed by atoms with Gasteiger partial charge in [-0.15, -0.1) is 0 Å². The maximum absolute atomic E-state index is 13.1. The van der Waals surface area contributed by atoms with Gasteiger partial charge in [0.05, 0.1) is 25.4 Å². The molecule has 0 radical (unpaired) electrons. The highest BCUT2D eigenvalue weighted by Gasteiger charge is 2.34. The van der Waals surface area contributed by atoms with Crippen LogP contribution in [0.4, 0.5) is 5.69 Å². The minimum Gasteiger partial charge on any atom is -0.477 e. The summed E-state index contributed by atoms with van der Waals surface area (Å²) in [5.41, 5.74) is 2.58. The number of para-hydroxylation sites is 2. The normalized spacial score (nSPS) is 18.4. The zero-order chi connectivity index (χ0) is 22.2. The number of halogens is 1. The fourth-order valence-electron chi connectivity index (χ4n) is 4.26. The summed E-state index contributed by atoms with van der Waals surface area (Å²) in [6.07, 6.45) is -0.639. The molecule has 1 saturated heterocycles. The molecule has 0 saturated carbocycles. The van der Waals surface area contributed by atoms with Gasteiger partial charge in [-0.2, -0.15) is 0 Å². The van der Waals surface area contributed by atoms with Crippen LogP contribution in [0.1, 0.15) is 11.1 Å². The Kier molecular flexibility index (Phi) is 5.53. The van der Waals surface area contributed by atoms with Gasteiger partial charge >= 0.3 is 5.63 Å². The van der Waals surface area contributed by atoms with Crippen molar-refractivity contribution in [2.45, 2.75) is 19.6 Å². The second-order valence-corrected chi connectivity index (χ2v) is 8.49. The summed E-state index contributed by atoms with van der Waals surface area (Å²) in [5.74, 6) is 0.593. The lowest BCUT2D eigenvalue weighted by atomic mass is 10.1. The van der Waals surface area contributed by atoms with E-state index in [1.54, 1.807) is 11.0 Å². The Morgan fingerprint density at radius 2 is 1.94 bits per heavy atom. The molecule has 0 bridgehead atoms. The number of carbonyl (C=O) groups excluding carboxylic acids is 1. The summed E-state index contributed by atoms with van der Waals surface area (Å²) < 4.78 is 16.9. The van der Waals surface area contributed by atoms with Gasteiger partial charge in [-0.05, 0) is 42.3 Å². The van der Waals surface area contributed by atoms with E-state index in [-0.39, 0.29) is 5.91 Å². The Labute approximate surface area is 190 Å². The Bertz CT molecular complexity index is 1230. The zero-order valence-electron chi connectivity index (χ0n) is 17.7. The highest BCUT2D eigenvalue weighted by Crippen LogP contribution is 2.35. The SMILES string of the molecule is Cc1cc2oc(=O)cc(CN3CC(C(=O)N4CCOCC4)Oc4ccccc43)c2cc1Cl. The number of amides is 1. The van der Waals surface area contributed by atoms with E-state index in [1.165, 1.54) is 6.07 Å². The molecule has 1 amide bonds. The number of rotatable bonds is 3. The van der Waals surface area contributed by atoms with Crippen molar-refractivity contribution in [2.24, 2.45) is 0 Å². The van der Waals surface area contributed by atoms with Crippen LogP contribution in [0.3, 0.4) is 0 Å². The molecular weight excluding hydrogens is 432 g/mol. The third kappa shape index (κ3) is 3.94. The lowest BCUT2D eigenvalue weighted by molar-refractivity contribution is -0.142. The van der Waals surface area contributed by atoms with Gasteiger partial charge < -0.3 is 23.7 Å². The van der Waals surface area contributed by atoms with Crippen molar-refractivity contribution in [3.63, 3.8) is 0 Å². The monoisotopic (exact) mass is 454 g/mol. The fraction of sp³-hybridized carbons (Fsp3) is 0.333. The van der Waals surface area contributed by atoms with Gasteiger partial charge in [0.15, 0.2) is 6.10 Å². The molecule has 1 aromatic heterocycles. The molecule has 0 spiro atoms. The largest absolute Gasteiger partial charge is 0.477 e. The van der Waals surface area contributed by atoms with E-state index in [1.807, 2.05) is 37.3 Å². The van der Waals surface area contributed by atoms with E-state index < -0.39 is 11.7 Å². The maximum atomic E-state index is 13.1. The molecule has 3 aromatic rings. The van der Waals surface area contributed by atoms with E-state index in [0.29, 0.717) is 55.7 Å². The van der Waals surface area contributed by atoms with Crippen LogP contribution in [0, 0.1) is 6.92 Å². The van der Waals surface area contributed by atoms with E-state index >= 15 is 0 Å². The van der Waals surface area contributed by atoms with Crippen LogP contribution in [0.15, 0.2) is 51.7 Å². The third-order valence-corrected chi connectivity index (χ3v) is 6.34. The fourth-order valence-corrected chi connectivity index (χ4v) is 4.42. The Morgan fingerprint density at radius 1 is 1.16 bits per heavy atom. The van der Waals surface area contributed by atoms with Crippen molar-refractivity contribution in [3.8, 4) is 5.75 Å². The van der Waals surface area contributed by atoms with Crippen LogP contribution in [0.2, 0.25) is 5.02 Å². The number of ether oxygens (including phenoxy) is 2. The molecule has 1 atom stereocenters. The van der Waals surface area contributed by atoms with Crippen LogP contribution >= 0.6 is 11.6 Å². The summed E-state index contributed by atoms with van der Waals surface area (Å²) in [6.45, 7) is 4.83. The van der Waals surface area contributed by atoms with E-state index in [9.17, 15) is 9.59 Å². The van der Waals surface area contributed by atoms with Gasteiger partial charge in [0.2, 0.25) is 0 Å². The molecule has 2 aliphatic rings. The summed E-state index contributed by atoms with van der Waals surface area (Å²) in [4.78, 5) is 29.3. The topological polar surface area (TPSA) is 72.2 Å². The second kappa shape index (κ2) is 8.48. The maximum Gasteiger partial charge on any atom is 0.336 e. The van der Waals surface area contributed by atoms with Crippen LogP contribution in [0.25, 0.3) is 11.0 Å². The number of morpholine rings is 1. The highest BCUT2D eigenvalue weighted by molar-refractivity contribution is 6.32. The number of hydrogen-bond donors (Lipinski definition) is 0. The predicted molar refractivity (Wildman–Crippen MR) is 122 cm³/mol. The standard InChI is InChI=1S/C24H23ClN2O5/c1-15-10-21-17(12-18(15)25)16(11-23(28)32-21)13-27-14-22(24(29)26-6-8-30-9-7-26)31-20-5-3-2-4-19(20)27/h2-5,10-12,22H,6-9,13-14H2,1H3. The number of aryl methyl sites for hydroxylation is 1. The second-order valence-electron chi connectivity index (χ2n) is 8.08. The number of fused-ring (bicyclic) bond motifs is 2. The molecule has 2 aromatic carbocycles. The molecule has 7 nitrogen and oxygen atoms in total. The molecule has 0 N–H and O–H groups in total. The minimum atomic E-state index is -0.639. The van der Waals surface area contributed by atoms with E-state index in [2.05, 4.69) is 4.90 Å². The van der Waals surface area contributed by atoms with Crippen LogP contribution in [0.5, 0.6) is 5.75 Å². The number of hydrogen-bond acceptors (Lipinski definition) is 6. The van der Waals surface area contributed by atoms with Crippen molar-refractivity contribution < 1.29 is 18.7 Å². The van der Waals surface area contributed by atoms with E-state index in [0.717, 1.165) is 22.2 Å². The van der Waals surface area contributed by atoms with Gasteiger partial charge in [0.1, 0.15) is 11.3 Å². The number of carbonyl (C=O) groups is 1. The molecule has 1 fully saturated rings. The zero-order valence-corrected chi connectivity index (χ0v) is 18.4. The molecule has 1 unspecified atom stereocenters. The quantitative estimate of drug-likeness (QED) is 0.565. The van der Waals surface area contributed by atoms with E-state index in [4.69, 9.17) is 25.5 Å². The summed E-state index contributed by atoms with van der Waals surface area (Å²) in [6, 6.07) is 12.7. The average molecular weight is 455 g/mol. The van der Waals surface area contributed by atoms with Crippen molar-refractivity contribution >= 4 is 34.2 Å². The number of anilines is 1. The first-order chi connectivity index (χ1) is 15.5. The Morgan fingerprint density at radius 3 is 2.75 bits per heavy atom. The summed E-state index contributed by atoms with van der Waals surface area (Å²) in [7, 11) is 0. The van der Waals surface area contributed by atoms with Crippen LogP contribution in [-0.4, -0.2) is 49.8 Å². The van der Waals surface area contributed by atoms with Crippen molar-refractivity contribution in [2.75, 3.05) is 37.7 Å². The first kappa shape index (κ1) is 20.8. The molecule has 166 valence electrons. The average Bonchev–Trinajstić information content (AvgIpc) is 2.80. The molecule has 2 aliphatic heterocycles. The smallest absolute Gasteiger partial charge is 0.336 e. The van der Waals surface area contributed by atoms with Crippen LogP contribution in [-0.2, 0) is 16.1 Å². The molecule has 0 aliphatic carbocycles.